The molecule has 1 fully saturated rings. The molecule has 48 valence electrons. The first kappa shape index (κ1) is 6.60. The quantitative estimate of drug-likeness (QED) is 0.569. The second-order valence-electron chi connectivity index (χ2n) is 2.84. The van der Waals surface area contributed by atoms with Gasteiger partial charge in [-0.3, -0.25) is 0 Å². The van der Waals surface area contributed by atoms with E-state index in [9.17, 15) is 0 Å². The molecule has 0 aromatic heterocycles. The zero-order valence-electron chi connectivity index (χ0n) is 5.41. The fraction of sp³-hybridized carbons (Fsp3) is 1.00. The van der Waals surface area contributed by atoms with E-state index < -0.39 is 0 Å². The molecular weight excluding hydrogens is 164 g/mol. The maximum Gasteiger partial charge on any atom is 0.00878 e. The summed E-state index contributed by atoms with van der Waals surface area (Å²) in [6, 6.07) is 0. The van der Waals surface area contributed by atoms with Crippen LogP contribution in [0.15, 0.2) is 0 Å². The van der Waals surface area contributed by atoms with Crippen molar-refractivity contribution in [3.63, 3.8) is 0 Å². The molecule has 8 heavy (non-hydrogen) atoms. The van der Waals surface area contributed by atoms with Crippen LogP contribution >= 0.6 is 15.9 Å². The van der Waals surface area contributed by atoms with Crippen molar-refractivity contribution in [1.82, 2.24) is 0 Å². The van der Waals surface area contributed by atoms with Crippen molar-refractivity contribution in [1.29, 1.82) is 0 Å². The Labute approximate surface area is 59.8 Å². The third-order valence-electron chi connectivity index (χ3n) is 2.45. The predicted octanol–water partition coefficient (Wildman–Crippen LogP) is 2.96. The van der Waals surface area contributed by atoms with Gasteiger partial charge in [0.05, 0.1) is 0 Å². The lowest BCUT2D eigenvalue weighted by atomic mass is 9.69. The number of hydrogen-bond donors (Lipinski definition) is 0. The summed E-state index contributed by atoms with van der Waals surface area (Å²) in [5.41, 5.74) is 0.722. The van der Waals surface area contributed by atoms with Gasteiger partial charge in [-0.05, 0) is 24.7 Å². The summed E-state index contributed by atoms with van der Waals surface area (Å²) in [6.45, 7) is 2.29. The highest BCUT2D eigenvalue weighted by atomic mass is 79.9. The summed E-state index contributed by atoms with van der Waals surface area (Å²) < 4.78 is 0. The van der Waals surface area contributed by atoms with Gasteiger partial charge < -0.3 is 0 Å². The summed E-state index contributed by atoms with van der Waals surface area (Å²) in [4.78, 5) is 0. The Bertz CT molecular complexity index is 60.9. The molecule has 0 bridgehead atoms. The zero-order chi connectivity index (χ0) is 6.04. The third kappa shape index (κ3) is 0.928. The molecule has 1 saturated carbocycles. The van der Waals surface area contributed by atoms with Crippen LogP contribution in [0.5, 0.6) is 0 Å². The average molecular weight is 177 g/mol. The Hall–Kier alpha value is 0.480. The van der Waals surface area contributed by atoms with Crippen LogP contribution in [0.2, 0.25) is 0 Å². The number of alkyl halides is 1. The highest BCUT2D eigenvalue weighted by molar-refractivity contribution is 9.09. The first-order valence-corrected chi connectivity index (χ1v) is 4.51. The Balaban J connectivity index is 2.33. The van der Waals surface area contributed by atoms with Crippen LogP contribution in [0.25, 0.3) is 0 Å². The monoisotopic (exact) mass is 176 g/mol. The third-order valence-corrected chi connectivity index (χ3v) is 3.64. The van der Waals surface area contributed by atoms with E-state index >= 15 is 0 Å². The molecule has 1 aliphatic carbocycles. The lowest BCUT2D eigenvalue weighted by Gasteiger charge is -2.39. The van der Waals surface area contributed by atoms with Crippen molar-refractivity contribution in [2.75, 3.05) is 5.33 Å². The topological polar surface area (TPSA) is 0 Å². The first-order chi connectivity index (χ1) is 3.83. The van der Waals surface area contributed by atoms with Gasteiger partial charge in [-0.1, -0.05) is 29.3 Å². The van der Waals surface area contributed by atoms with Gasteiger partial charge in [0, 0.05) is 5.33 Å². The second kappa shape index (κ2) is 2.38. The van der Waals surface area contributed by atoms with Gasteiger partial charge in [-0.25, -0.2) is 0 Å². The SMILES string of the molecule is CCC1(CBr)CCC1. The summed E-state index contributed by atoms with van der Waals surface area (Å²) in [5, 5.41) is 1.22. The maximum absolute atomic E-state index is 3.54. The van der Waals surface area contributed by atoms with Crippen LogP contribution in [0.3, 0.4) is 0 Å². The lowest BCUT2D eigenvalue weighted by Crippen LogP contribution is -2.29. The molecule has 0 saturated heterocycles. The van der Waals surface area contributed by atoms with Gasteiger partial charge in [-0.2, -0.15) is 0 Å². The fourth-order valence-corrected chi connectivity index (χ4v) is 2.22. The molecule has 1 aliphatic rings. The second-order valence-corrected chi connectivity index (χ2v) is 3.40. The molecule has 0 amide bonds. The number of halogens is 1. The van der Waals surface area contributed by atoms with Crippen LogP contribution in [-0.2, 0) is 0 Å². The molecular formula is C7H13Br. The van der Waals surface area contributed by atoms with Gasteiger partial charge in [0.25, 0.3) is 0 Å². The number of rotatable bonds is 2. The van der Waals surface area contributed by atoms with Crippen molar-refractivity contribution in [2.24, 2.45) is 5.41 Å². The van der Waals surface area contributed by atoms with E-state index in [4.69, 9.17) is 0 Å². The Kier molecular flexibility index (Phi) is 1.97. The summed E-state index contributed by atoms with van der Waals surface area (Å²) in [7, 11) is 0. The minimum atomic E-state index is 0.722. The molecule has 1 rings (SSSR count). The molecule has 0 nitrogen and oxygen atoms in total. The van der Waals surface area contributed by atoms with Gasteiger partial charge >= 0.3 is 0 Å². The molecule has 0 N–H and O–H groups in total. The molecule has 0 atom stereocenters. The van der Waals surface area contributed by atoms with Gasteiger partial charge in [0.15, 0.2) is 0 Å². The van der Waals surface area contributed by atoms with Gasteiger partial charge in [0.2, 0.25) is 0 Å². The molecule has 0 aromatic carbocycles. The van der Waals surface area contributed by atoms with Crippen molar-refractivity contribution in [3.05, 3.63) is 0 Å². The smallest absolute Gasteiger partial charge is 0.00878 e. The Morgan fingerprint density at radius 3 is 2.12 bits per heavy atom. The first-order valence-electron chi connectivity index (χ1n) is 3.39. The summed E-state index contributed by atoms with van der Waals surface area (Å²) in [6.07, 6.45) is 5.72. The van der Waals surface area contributed by atoms with E-state index in [1.807, 2.05) is 0 Å². The van der Waals surface area contributed by atoms with Crippen LogP contribution in [0.1, 0.15) is 32.6 Å². The Morgan fingerprint density at radius 1 is 1.50 bits per heavy atom. The van der Waals surface area contributed by atoms with Gasteiger partial charge in [0.1, 0.15) is 0 Å². The van der Waals surface area contributed by atoms with E-state index in [1.165, 1.54) is 31.0 Å². The molecule has 0 aromatic rings. The molecule has 1 heteroatoms. The molecule has 0 heterocycles. The molecule has 0 spiro atoms. The van der Waals surface area contributed by atoms with E-state index in [0.717, 1.165) is 5.41 Å². The van der Waals surface area contributed by atoms with E-state index in [-0.39, 0.29) is 0 Å². The minimum absolute atomic E-state index is 0.722. The minimum Gasteiger partial charge on any atom is -0.0922 e. The van der Waals surface area contributed by atoms with Crippen LogP contribution in [-0.4, -0.2) is 5.33 Å². The van der Waals surface area contributed by atoms with Crippen LogP contribution < -0.4 is 0 Å². The summed E-state index contributed by atoms with van der Waals surface area (Å²) >= 11 is 3.54. The van der Waals surface area contributed by atoms with Crippen molar-refractivity contribution >= 4 is 15.9 Å². The molecule has 0 aliphatic heterocycles. The highest BCUT2D eigenvalue weighted by Gasteiger charge is 2.33. The molecule has 0 unspecified atom stereocenters. The van der Waals surface area contributed by atoms with Gasteiger partial charge in [-0.15, -0.1) is 0 Å². The molecule has 0 radical (unpaired) electrons. The van der Waals surface area contributed by atoms with Crippen molar-refractivity contribution in [3.8, 4) is 0 Å². The lowest BCUT2D eigenvalue weighted by molar-refractivity contribution is 0.163. The van der Waals surface area contributed by atoms with Crippen molar-refractivity contribution in [2.45, 2.75) is 32.6 Å². The average Bonchev–Trinajstić information content (AvgIpc) is 1.67. The normalized spacial score (nSPS) is 24.8. The maximum atomic E-state index is 3.54. The van der Waals surface area contributed by atoms with Crippen LogP contribution in [0, 0.1) is 5.41 Å². The van der Waals surface area contributed by atoms with E-state index in [2.05, 4.69) is 22.9 Å². The predicted molar refractivity (Wildman–Crippen MR) is 40.4 cm³/mol. The number of hydrogen-bond acceptors (Lipinski definition) is 0. The largest absolute Gasteiger partial charge is 0.0922 e. The highest BCUT2D eigenvalue weighted by Crippen LogP contribution is 2.44. The zero-order valence-corrected chi connectivity index (χ0v) is 7.00. The van der Waals surface area contributed by atoms with E-state index in [1.54, 1.807) is 0 Å². The Morgan fingerprint density at radius 2 is 2.12 bits per heavy atom. The van der Waals surface area contributed by atoms with Crippen molar-refractivity contribution < 1.29 is 0 Å². The standard InChI is InChI=1S/C7H13Br/c1-2-7(6-8)4-3-5-7/h2-6H2,1H3. The summed E-state index contributed by atoms with van der Waals surface area (Å²) in [5.74, 6) is 0. The van der Waals surface area contributed by atoms with E-state index in [0.29, 0.717) is 0 Å². The fourth-order valence-electron chi connectivity index (χ4n) is 1.26. The van der Waals surface area contributed by atoms with Crippen LogP contribution in [0.4, 0.5) is 0 Å².